The van der Waals surface area contributed by atoms with E-state index in [0.29, 0.717) is 17.1 Å². The maximum absolute atomic E-state index is 13.6. The number of hydrogen-bond acceptors (Lipinski definition) is 2. The summed E-state index contributed by atoms with van der Waals surface area (Å²) < 4.78 is 13.6. The van der Waals surface area contributed by atoms with Crippen molar-refractivity contribution in [3.63, 3.8) is 0 Å². The number of halogens is 2. The zero-order valence-corrected chi connectivity index (χ0v) is 11.6. The van der Waals surface area contributed by atoms with Gasteiger partial charge in [0.15, 0.2) is 0 Å². The van der Waals surface area contributed by atoms with E-state index in [1.54, 1.807) is 18.2 Å². The van der Waals surface area contributed by atoms with Crippen molar-refractivity contribution in [2.75, 3.05) is 5.32 Å². The molecular formula is C15H15ClFNO. The third-order valence-electron chi connectivity index (χ3n) is 3.06. The van der Waals surface area contributed by atoms with Crippen molar-refractivity contribution >= 4 is 17.3 Å². The van der Waals surface area contributed by atoms with Crippen LogP contribution in [-0.4, -0.2) is 5.11 Å². The zero-order valence-electron chi connectivity index (χ0n) is 10.8. The number of rotatable bonds is 3. The van der Waals surface area contributed by atoms with E-state index in [1.807, 2.05) is 19.9 Å². The lowest BCUT2D eigenvalue weighted by Crippen LogP contribution is -2.04. The third-order valence-corrected chi connectivity index (χ3v) is 3.41. The standard InChI is InChI=1S/C15H15ClFNO/c1-9-7-15(19)10(2)6-14(9)18-8-11-12(16)4-3-5-13(11)17/h3-7,18-19H,8H2,1-2H3. The average molecular weight is 280 g/mol. The van der Waals surface area contributed by atoms with Crippen molar-refractivity contribution in [1.82, 2.24) is 0 Å². The van der Waals surface area contributed by atoms with E-state index in [-0.39, 0.29) is 11.6 Å². The van der Waals surface area contributed by atoms with Crippen LogP contribution < -0.4 is 5.32 Å². The number of nitrogens with one attached hydrogen (secondary N) is 1. The molecule has 19 heavy (non-hydrogen) atoms. The Bertz CT molecular complexity index is 593. The van der Waals surface area contributed by atoms with Crippen LogP contribution in [0.3, 0.4) is 0 Å². The number of benzene rings is 2. The summed E-state index contributed by atoms with van der Waals surface area (Å²) in [4.78, 5) is 0. The maximum Gasteiger partial charge on any atom is 0.129 e. The van der Waals surface area contributed by atoms with Crippen LogP contribution in [0.2, 0.25) is 5.02 Å². The Labute approximate surface area is 116 Å². The summed E-state index contributed by atoms with van der Waals surface area (Å²) in [7, 11) is 0. The second-order valence-corrected chi connectivity index (χ2v) is 4.91. The molecule has 2 rings (SSSR count). The molecule has 0 heterocycles. The van der Waals surface area contributed by atoms with Crippen LogP contribution >= 0.6 is 11.6 Å². The number of aryl methyl sites for hydroxylation is 2. The van der Waals surface area contributed by atoms with Gasteiger partial charge in [-0.2, -0.15) is 0 Å². The Morgan fingerprint density at radius 1 is 1.21 bits per heavy atom. The predicted octanol–water partition coefficient (Wildman–Crippen LogP) is 4.41. The van der Waals surface area contributed by atoms with Gasteiger partial charge in [-0.05, 0) is 49.2 Å². The second-order valence-electron chi connectivity index (χ2n) is 4.51. The molecule has 0 atom stereocenters. The van der Waals surface area contributed by atoms with Crippen LogP contribution in [0.15, 0.2) is 30.3 Å². The lowest BCUT2D eigenvalue weighted by Gasteiger charge is -2.13. The lowest BCUT2D eigenvalue weighted by molar-refractivity contribution is 0.471. The number of phenols is 1. The topological polar surface area (TPSA) is 32.3 Å². The molecule has 0 saturated carbocycles. The smallest absolute Gasteiger partial charge is 0.129 e. The molecule has 0 aliphatic heterocycles. The van der Waals surface area contributed by atoms with Crippen LogP contribution in [0.1, 0.15) is 16.7 Å². The Hall–Kier alpha value is -1.74. The highest BCUT2D eigenvalue weighted by Crippen LogP contribution is 2.26. The molecular weight excluding hydrogens is 265 g/mol. The van der Waals surface area contributed by atoms with Crippen molar-refractivity contribution in [3.8, 4) is 5.75 Å². The van der Waals surface area contributed by atoms with Gasteiger partial charge in [0, 0.05) is 22.8 Å². The lowest BCUT2D eigenvalue weighted by atomic mass is 10.1. The number of hydrogen-bond donors (Lipinski definition) is 2. The first-order valence-electron chi connectivity index (χ1n) is 5.96. The third kappa shape index (κ3) is 2.99. The first-order valence-corrected chi connectivity index (χ1v) is 6.34. The van der Waals surface area contributed by atoms with E-state index in [2.05, 4.69) is 5.32 Å². The van der Waals surface area contributed by atoms with Gasteiger partial charge in [0.1, 0.15) is 11.6 Å². The summed E-state index contributed by atoms with van der Waals surface area (Å²) in [5.74, 6) is -0.0693. The first kappa shape index (κ1) is 13.7. The Morgan fingerprint density at radius 2 is 1.95 bits per heavy atom. The fourth-order valence-corrected chi connectivity index (χ4v) is 2.11. The number of anilines is 1. The molecule has 0 aliphatic rings. The van der Waals surface area contributed by atoms with Crippen LogP contribution in [0.4, 0.5) is 10.1 Å². The maximum atomic E-state index is 13.6. The van der Waals surface area contributed by atoms with Crippen molar-refractivity contribution in [3.05, 3.63) is 57.9 Å². The Morgan fingerprint density at radius 3 is 2.63 bits per heavy atom. The molecule has 2 N–H and O–H groups in total. The van der Waals surface area contributed by atoms with E-state index in [9.17, 15) is 9.50 Å². The zero-order chi connectivity index (χ0) is 14.0. The molecule has 0 unspecified atom stereocenters. The van der Waals surface area contributed by atoms with Gasteiger partial charge in [-0.25, -0.2) is 4.39 Å². The molecule has 2 aromatic rings. The van der Waals surface area contributed by atoms with Gasteiger partial charge in [0.25, 0.3) is 0 Å². The highest BCUT2D eigenvalue weighted by Gasteiger charge is 2.08. The molecule has 2 aromatic carbocycles. The molecule has 0 amide bonds. The van der Waals surface area contributed by atoms with Crippen molar-refractivity contribution in [1.29, 1.82) is 0 Å². The van der Waals surface area contributed by atoms with Crippen LogP contribution in [0.5, 0.6) is 5.75 Å². The average Bonchev–Trinajstić information content (AvgIpc) is 2.34. The highest BCUT2D eigenvalue weighted by atomic mass is 35.5. The van der Waals surface area contributed by atoms with E-state index in [4.69, 9.17) is 11.6 Å². The molecule has 0 aromatic heterocycles. The van der Waals surface area contributed by atoms with E-state index < -0.39 is 0 Å². The molecule has 100 valence electrons. The summed E-state index contributed by atoms with van der Waals surface area (Å²) in [6, 6.07) is 8.14. The van der Waals surface area contributed by atoms with Gasteiger partial charge in [-0.15, -0.1) is 0 Å². The van der Waals surface area contributed by atoms with E-state index >= 15 is 0 Å². The molecule has 0 fully saturated rings. The Kier molecular flexibility index (Phi) is 3.96. The van der Waals surface area contributed by atoms with Gasteiger partial charge in [-0.1, -0.05) is 17.7 Å². The molecule has 0 spiro atoms. The number of phenolic OH excluding ortho intramolecular Hbond substituents is 1. The fourth-order valence-electron chi connectivity index (χ4n) is 1.88. The van der Waals surface area contributed by atoms with Gasteiger partial charge in [0.05, 0.1) is 0 Å². The normalized spacial score (nSPS) is 10.5. The van der Waals surface area contributed by atoms with Gasteiger partial charge in [0.2, 0.25) is 0 Å². The largest absolute Gasteiger partial charge is 0.508 e. The van der Waals surface area contributed by atoms with Crippen LogP contribution in [0.25, 0.3) is 0 Å². The SMILES string of the molecule is Cc1cc(NCc2c(F)cccc2Cl)c(C)cc1O. The first-order chi connectivity index (χ1) is 8.99. The van der Waals surface area contributed by atoms with E-state index in [1.165, 1.54) is 6.07 Å². The summed E-state index contributed by atoms with van der Waals surface area (Å²) in [5, 5.41) is 13.1. The minimum Gasteiger partial charge on any atom is -0.508 e. The highest BCUT2D eigenvalue weighted by molar-refractivity contribution is 6.31. The summed E-state index contributed by atoms with van der Waals surface area (Å²) in [5.41, 5.74) is 2.97. The van der Waals surface area contributed by atoms with Gasteiger partial charge >= 0.3 is 0 Å². The molecule has 0 radical (unpaired) electrons. The van der Waals surface area contributed by atoms with Gasteiger partial charge < -0.3 is 10.4 Å². The van der Waals surface area contributed by atoms with Crippen LogP contribution in [-0.2, 0) is 6.54 Å². The summed E-state index contributed by atoms with van der Waals surface area (Å²) in [6.45, 7) is 4.00. The fraction of sp³-hybridized carbons (Fsp3) is 0.200. The minimum atomic E-state index is -0.326. The minimum absolute atomic E-state index is 0.256. The second kappa shape index (κ2) is 5.49. The molecule has 4 heteroatoms. The number of aromatic hydroxyl groups is 1. The Balaban J connectivity index is 2.22. The van der Waals surface area contributed by atoms with Crippen molar-refractivity contribution in [2.24, 2.45) is 0 Å². The summed E-state index contributed by atoms with van der Waals surface area (Å²) >= 11 is 5.97. The molecule has 0 aliphatic carbocycles. The molecule has 2 nitrogen and oxygen atoms in total. The van der Waals surface area contributed by atoms with E-state index in [0.717, 1.165) is 16.8 Å². The van der Waals surface area contributed by atoms with Gasteiger partial charge in [-0.3, -0.25) is 0 Å². The monoisotopic (exact) mass is 279 g/mol. The molecule has 0 bridgehead atoms. The quantitative estimate of drug-likeness (QED) is 0.816. The predicted molar refractivity (Wildman–Crippen MR) is 76.3 cm³/mol. The summed E-state index contributed by atoms with van der Waals surface area (Å²) in [6.07, 6.45) is 0. The van der Waals surface area contributed by atoms with Crippen molar-refractivity contribution < 1.29 is 9.50 Å². The molecule has 0 saturated heterocycles. The van der Waals surface area contributed by atoms with Crippen LogP contribution in [0, 0.1) is 19.7 Å². The van der Waals surface area contributed by atoms with Crippen molar-refractivity contribution in [2.45, 2.75) is 20.4 Å².